The molecule has 0 amide bonds. The normalized spacial score (nSPS) is 16.6. The van der Waals surface area contributed by atoms with E-state index in [4.69, 9.17) is 17.4 Å². The highest BCUT2D eigenvalue weighted by molar-refractivity contribution is 6.30. The Morgan fingerprint density at radius 3 is 2.80 bits per heavy atom. The van der Waals surface area contributed by atoms with Crippen molar-refractivity contribution in [1.29, 1.82) is 0 Å². The molecule has 0 heterocycles. The van der Waals surface area contributed by atoms with Crippen LogP contribution in [0.25, 0.3) is 0 Å². The van der Waals surface area contributed by atoms with Gasteiger partial charge >= 0.3 is 0 Å². The molecule has 1 aliphatic carbocycles. The summed E-state index contributed by atoms with van der Waals surface area (Å²) in [5, 5.41) is 0.360. The fraction of sp³-hybridized carbons (Fsp3) is 0.300. The predicted molar refractivity (Wildman–Crippen MR) is 58.3 cm³/mol. The van der Waals surface area contributed by atoms with Gasteiger partial charge in [0, 0.05) is 5.02 Å². The topological polar surface area (TPSA) is 50.4 Å². The van der Waals surface area contributed by atoms with Crippen LogP contribution in [0.15, 0.2) is 23.2 Å². The molecule has 0 aromatic heterocycles. The standard InChI is InChI=1S/C10H11ClFN3/c11-6-1-4-8(9(12)5-6)10(15-13)14-7-2-3-7/h1,4-5,7H,2-3,13H2,(H,14,15). The first-order valence-corrected chi connectivity index (χ1v) is 5.08. The van der Waals surface area contributed by atoms with E-state index in [0.717, 1.165) is 12.8 Å². The first-order chi connectivity index (χ1) is 7.20. The second-order valence-corrected chi connectivity index (χ2v) is 3.91. The van der Waals surface area contributed by atoms with Crippen LogP contribution in [-0.4, -0.2) is 11.9 Å². The maximum absolute atomic E-state index is 13.5. The number of halogens is 2. The lowest BCUT2D eigenvalue weighted by molar-refractivity contribution is 0.624. The van der Waals surface area contributed by atoms with Crippen LogP contribution in [0.1, 0.15) is 18.4 Å². The molecule has 80 valence electrons. The average molecular weight is 228 g/mol. The van der Waals surface area contributed by atoms with Crippen molar-refractivity contribution in [3.8, 4) is 0 Å². The molecule has 1 saturated carbocycles. The van der Waals surface area contributed by atoms with Gasteiger partial charge in [-0.2, -0.15) is 0 Å². The lowest BCUT2D eigenvalue weighted by atomic mass is 10.2. The number of rotatable bonds is 2. The Balaban J connectivity index is 2.33. The number of benzene rings is 1. The van der Waals surface area contributed by atoms with Crippen LogP contribution in [0.2, 0.25) is 5.02 Å². The summed E-state index contributed by atoms with van der Waals surface area (Å²) in [6, 6.07) is 4.71. The van der Waals surface area contributed by atoms with E-state index in [2.05, 4.69) is 10.4 Å². The van der Waals surface area contributed by atoms with Gasteiger partial charge in [-0.3, -0.25) is 4.99 Å². The highest BCUT2D eigenvalue weighted by Crippen LogP contribution is 2.24. The largest absolute Gasteiger partial charge is 0.308 e. The van der Waals surface area contributed by atoms with Crippen molar-refractivity contribution in [2.75, 3.05) is 0 Å². The summed E-state index contributed by atoms with van der Waals surface area (Å²) in [5.41, 5.74) is 2.77. The van der Waals surface area contributed by atoms with E-state index >= 15 is 0 Å². The van der Waals surface area contributed by atoms with Gasteiger partial charge in [-0.1, -0.05) is 11.6 Å². The van der Waals surface area contributed by atoms with Crippen LogP contribution in [0, 0.1) is 5.82 Å². The molecule has 5 heteroatoms. The Labute approximate surface area is 92.1 Å². The molecular formula is C10H11ClFN3. The van der Waals surface area contributed by atoms with Crippen LogP contribution < -0.4 is 11.3 Å². The van der Waals surface area contributed by atoms with Gasteiger partial charge < -0.3 is 5.43 Å². The molecule has 0 atom stereocenters. The lowest BCUT2D eigenvalue weighted by Gasteiger charge is -2.06. The fourth-order valence-corrected chi connectivity index (χ4v) is 1.41. The maximum Gasteiger partial charge on any atom is 0.145 e. The third-order valence-electron chi connectivity index (χ3n) is 2.18. The third kappa shape index (κ3) is 2.46. The Hall–Kier alpha value is -1.13. The van der Waals surface area contributed by atoms with Crippen LogP contribution in [0.4, 0.5) is 4.39 Å². The van der Waals surface area contributed by atoms with Gasteiger partial charge in [-0.05, 0) is 31.0 Å². The van der Waals surface area contributed by atoms with Crippen molar-refractivity contribution in [3.63, 3.8) is 0 Å². The van der Waals surface area contributed by atoms with Crippen molar-refractivity contribution in [3.05, 3.63) is 34.6 Å². The Kier molecular flexibility index (Phi) is 2.88. The van der Waals surface area contributed by atoms with Gasteiger partial charge in [0.25, 0.3) is 0 Å². The summed E-state index contributed by atoms with van der Waals surface area (Å²) >= 11 is 5.65. The van der Waals surface area contributed by atoms with Crippen LogP contribution in [0.5, 0.6) is 0 Å². The summed E-state index contributed by atoms with van der Waals surface area (Å²) in [7, 11) is 0. The molecular weight excluding hydrogens is 217 g/mol. The van der Waals surface area contributed by atoms with Crippen molar-refractivity contribution in [2.45, 2.75) is 18.9 Å². The number of nitrogens with one attached hydrogen (secondary N) is 1. The number of amidine groups is 1. The number of hydrogen-bond donors (Lipinski definition) is 2. The molecule has 3 N–H and O–H groups in total. The summed E-state index contributed by atoms with van der Waals surface area (Å²) < 4.78 is 13.5. The van der Waals surface area contributed by atoms with Gasteiger partial charge in [-0.15, -0.1) is 0 Å². The molecule has 1 aromatic rings. The summed E-state index contributed by atoms with van der Waals surface area (Å²) in [4.78, 5) is 4.26. The average Bonchev–Trinajstić information content (AvgIpc) is 2.99. The van der Waals surface area contributed by atoms with E-state index in [9.17, 15) is 4.39 Å². The molecule has 0 radical (unpaired) electrons. The van der Waals surface area contributed by atoms with Gasteiger partial charge in [0.2, 0.25) is 0 Å². The maximum atomic E-state index is 13.5. The summed E-state index contributed by atoms with van der Waals surface area (Å²) in [6.07, 6.45) is 2.08. The predicted octanol–water partition coefficient (Wildman–Crippen LogP) is 1.85. The van der Waals surface area contributed by atoms with Gasteiger partial charge in [-0.25, -0.2) is 10.2 Å². The molecule has 1 aromatic carbocycles. The zero-order valence-electron chi connectivity index (χ0n) is 8.00. The summed E-state index contributed by atoms with van der Waals surface area (Å²) in [5.74, 6) is 5.27. The van der Waals surface area contributed by atoms with E-state index in [1.807, 2.05) is 0 Å². The fourth-order valence-electron chi connectivity index (χ4n) is 1.25. The van der Waals surface area contributed by atoms with Crippen molar-refractivity contribution in [2.24, 2.45) is 10.8 Å². The minimum atomic E-state index is -0.417. The number of hydrazine groups is 1. The number of nitrogens with two attached hydrogens (primary N) is 1. The van der Waals surface area contributed by atoms with Gasteiger partial charge in [0.15, 0.2) is 0 Å². The van der Waals surface area contributed by atoms with Crippen molar-refractivity contribution in [1.82, 2.24) is 5.43 Å². The number of hydrogen-bond acceptors (Lipinski definition) is 2. The Bertz CT molecular complexity index is 402. The van der Waals surface area contributed by atoms with Gasteiger partial charge in [0.05, 0.1) is 11.6 Å². The molecule has 0 bridgehead atoms. The van der Waals surface area contributed by atoms with Crippen molar-refractivity contribution >= 4 is 17.4 Å². The van der Waals surface area contributed by atoms with Crippen LogP contribution in [-0.2, 0) is 0 Å². The monoisotopic (exact) mass is 227 g/mol. The number of nitrogens with zero attached hydrogens (tertiary/aromatic N) is 1. The lowest BCUT2D eigenvalue weighted by Crippen LogP contribution is -2.32. The number of aliphatic imine (C=N–C) groups is 1. The molecule has 0 spiro atoms. The van der Waals surface area contributed by atoms with Crippen LogP contribution in [0.3, 0.4) is 0 Å². The molecule has 0 unspecified atom stereocenters. The van der Waals surface area contributed by atoms with E-state index in [-0.39, 0.29) is 6.04 Å². The first-order valence-electron chi connectivity index (χ1n) is 4.70. The molecule has 15 heavy (non-hydrogen) atoms. The van der Waals surface area contributed by atoms with E-state index < -0.39 is 5.82 Å². The second kappa shape index (κ2) is 4.16. The Morgan fingerprint density at radius 1 is 1.53 bits per heavy atom. The molecule has 3 nitrogen and oxygen atoms in total. The Morgan fingerprint density at radius 2 is 2.27 bits per heavy atom. The first kappa shape index (κ1) is 10.4. The van der Waals surface area contributed by atoms with Gasteiger partial charge in [0.1, 0.15) is 11.7 Å². The van der Waals surface area contributed by atoms with E-state index in [0.29, 0.717) is 16.4 Å². The third-order valence-corrected chi connectivity index (χ3v) is 2.42. The minimum absolute atomic E-state index is 0.283. The summed E-state index contributed by atoms with van der Waals surface area (Å²) in [6.45, 7) is 0. The molecule has 0 aliphatic heterocycles. The van der Waals surface area contributed by atoms with E-state index in [1.54, 1.807) is 12.1 Å². The zero-order chi connectivity index (χ0) is 10.8. The van der Waals surface area contributed by atoms with Crippen LogP contribution >= 0.6 is 11.6 Å². The molecule has 0 saturated heterocycles. The smallest absolute Gasteiger partial charge is 0.145 e. The van der Waals surface area contributed by atoms with Crippen molar-refractivity contribution < 1.29 is 4.39 Å². The highest BCUT2D eigenvalue weighted by atomic mass is 35.5. The molecule has 1 fully saturated rings. The molecule has 2 rings (SSSR count). The molecule has 1 aliphatic rings. The minimum Gasteiger partial charge on any atom is -0.308 e. The SMILES string of the molecule is NNC(=NC1CC1)c1ccc(Cl)cc1F. The quantitative estimate of drug-likeness (QED) is 0.351. The second-order valence-electron chi connectivity index (χ2n) is 3.48. The highest BCUT2D eigenvalue weighted by Gasteiger charge is 2.22. The zero-order valence-corrected chi connectivity index (χ0v) is 8.76. The van der Waals surface area contributed by atoms with E-state index in [1.165, 1.54) is 6.07 Å².